The molecule has 0 spiro atoms. The Morgan fingerprint density at radius 3 is 2.58 bits per heavy atom. The van der Waals surface area contributed by atoms with Gasteiger partial charge in [0.2, 0.25) is 5.91 Å². The van der Waals surface area contributed by atoms with Crippen LogP contribution in [0.25, 0.3) is 0 Å². The van der Waals surface area contributed by atoms with Crippen LogP contribution in [0.15, 0.2) is 48.8 Å². The first-order valence-electron chi connectivity index (χ1n) is 8.60. The van der Waals surface area contributed by atoms with Crippen molar-refractivity contribution in [2.45, 2.75) is 45.6 Å². The van der Waals surface area contributed by atoms with Crippen LogP contribution in [0.3, 0.4) is 0 Å². The van der Waals surface area contributed by atoms with Crippen molar-refractivity contribution in [1.29, 1.82) is 0 Å². The predicted molar refractivity (Wildman–Crippen MR) is 99.0 cm³/mol. The van der Waals surface area contributed by atoms with Gasteiger partial charge in [0.15, 0.2) is 0 Å². The molecule has 1 aromatic carbocycles. The van der Waals surface area contributed by atoms with Gasteiger partial charge in [0.1, 0.15) is 0 Å². The number of halogens is 1. The van der Waals surface area contributed by atoms with Crippen molar-refractivity contribution in [2.75, 3.05) is 6.54 Å². The van der Waals surface area contributed by atoms with Crippen molar-refractivity contribution in [1.82, 2.24) is 9.88 Å². The van der Waals surface area contributed by atoms with Crippen LogP contribution in [0, 0.1) is 0 Å². The lowest BCUT2D eigenvalue weighted by Gasteiger charge is -2.23. The van der Waals surface area contributed by atoms with E-state index in [9.17, 15) is 4.79 Å². The van der Waals surface area contributed by atoms with Crippen molar-refractivity contribution in [2.24, 2.45) is 0 Å². The van der Waals surface area contributed by atoms with Crippen LogP contribution >= 0.6 is 11.6 Å². The SMILES string of the molecule is CCCCCN(Cc1ccc(Cl)cc1)C(=O)CCc1cccnc1. The standard InChI is InChI=1S/C20H25ClN2O/c1-2-3-4-14-23(16-18-7-10-19(21)11-8-18)20(24)12-9-17-6-5-13-22-15-17/h5-8,10-11,13,15H,2-4,9,12,14,16H2,1H3. The number of carbonyl (C=O) groups is 1. The molecule has 0 N–H and O–H groups in total. The van der Waals surface area contributed by atoms with Crippen LogP contribution < -0.4 is 0 Å². The Balaban J connectivity index is 1.95. The van der Waals surface area contributed by atoms with E-state index in [1.807, 2.05) is 47.5 Å². The van der Waals surface area contributed by atoms with Gasteiger partial charge in [-0.15, -0.1) is 0 Å². The number of aromatic nitrogens is 1. The number of aryl methyl sites for hydroxylation is 1. The Bertz CT molecular complexity index is 613. The molecule has 128 valence electrons. The second-order valence-electron chi connectivity index (χ2n) is 6.01. The molecule has 4 heteroatoms. The maximum atomic E-state index is 12.7. The number of hydrogen-bond acceptors (Lipinski definition) is 2. The highest BCUT2D eigenvalue weighted by Crippen LogP contribution is 2.14. The van der Waals surface area contributed by atoms with E-state index in [-0.39, 0.29) is 5.91 Å². The normalized spacial score (nSPS) is 10.6. The van der Waals surface area contributed by atoms with E-state index in [1.54, 1.807) is 6.20 Å². The fourth-order valence-corrected chi connectivity index (χ4v) is 2.74. The molecule has 3 nitrogen and oxygen atoms in total. The van der Waals surface area contributed by atoms with E-state index in [2.05, 4.69) is 11.9 Å². The molecule has 0 aliphatic rings. The predicted octanol–water partition coefficient (Wildman–Crippen LogP) is 4.89. The first-order valence-corrected chi connectivity index (χ1v) is 8.98. The summed E-state index contributed by atoms with van der Waals surface area (Å²) in [6.07, 6.45) is 8.17. The average Bonchev–Trinajstić information content (AvgIpc) is 2.61. The summed E-state index contributed by atoms with van der Waals surface area (Å²) in [5.41, 5.74) is 2.22. The number of unbranched alkanes of at least 4 members (excludes halogenated alkanes) is 2. The largest absolute Gasteiger partial charge is 0.338 e. The molecule has 0 atom stereocenters. The molecule has 0 unspecified atom stereocenters. The summed E-state index contributed by atoms with van der Waals surface area (Å²) in [5, 5.41) is 0.721. The van der Waals surface area contributed by atoms with Crippen molar-refractivity contribution >= 4 is 17.5 Å². The highest BCUT2D eigenvalue weighted by atomic mass is 35.5. The molecule has 1 aromatic heterocycles. The molecular formula is C20H25ClN2O. The van der Waals surface area contributed by atoms with Crippen molar-refractivity contribution in [3.8, 4) is 0 Å². The molecular weight excluding hydrogens is 320 g/mol. The number of carbonyl (C=O) groups excluding carboxylic acids is 1. The fourth-order valence-electron chi connectivity index (χ4n) is 2.61. The third-order valence-corrected chi connectivity index (χ3v) is 4.27. The third kappa shape index (κ3) is 6.32. The maximum absolute atomic E-state index is 12.7. The monoisotopic (exact) mass is 344 g/mol. The van der Waals surface area contributed by atoms with Crippen LogP contribution in [0.4, 0.5) is 0 Å². The van der Waals surface area contributed by atoms with E-state index in [0.29, 0.717) is 13.0 Å². The Morgan fingerprint density at radius 1 is 1.12 bits per heavy atom. The first kappa shape index (κ1) is 18.5. The number of amides is 1. The Hall–Kier alpha value is -1.87. The summed E-state index contributed by atoms with van der Waals surface area (Å²) in [5.74, 6) is 0.199. The van der Waals surface area contributed by atoms with Crippen LogP contribution in [-0.2, 0) is 17.8 Å². The van der Waals surface area contributed by atoms with Gasteiger partial charge in [-0.05, 0) is 42.2 Å². The Kier molecular flexibility index (Phi) is 7.76. The lowest BCUT2D eigenvalue weighted by molar-refractivity contribution is -0.131. The third-order valence-electron chi connectivity index (χ3n) is 4.02. The molecule has 2 aromatic rings. The highest BCUT2D eigenvalue weighted by molar-refractivity contribution is 6.30. The van der Waals surface area contributed by atoms with Gasteiger partial charge in [0, 0.05) is 36.9 Å². The van der Waals surface area contributed by atoms with Crippen LogP contribution in [0.2, 0.25) is 5.02 Å². The average molecular weight is 345 g/mol. The van der Waals surface area contributed by atoms with Gasteiger partial charge in [-0.3, -0.25) is 9.78 Å². The van der Waals surface area contributed by atoms with Crippen LogP contribution in [0.5, 0.6) is 0 Å². The molecule has 24 heavy (non-hydrogen) atoms. The highest BCUT2D eigenvalue weighted by Gasteiger charge is 2.14. The van der Waals surface area contributed by atoms with E-state index in [1.165, 1.54) is 0 Å². The Morgan fingerprint density at radius 2 is 1.92 bits per heavy atom. The van der Waals surface area contributed by atoms with Crippen LogP contribution in [0.1, 0.15) is 43.7 Å². The molecule has 0 bridgehead atoms. The van der Waals surface area contributed by atoms with Gasteiger partial charge in [0.25, 0.3) is 0 Å². The molecule has 0 saturated heterocycles. The van der Waals surface area contributed by atoms with Crippen molar-refractivity contribution in [3.05, 3.63) is 64.9 Å². The van der Waals surface area contributed by atoms with Gasteiger partial charge >= 0.3 is 0 Å². The zero-order valence-electron chi connectivity index (χ0n) is 14.2. The van der Waals surface area contributed by atoms with Gasteiger partial charge in [-0.25, -0.2) is 0 Å². The minimum absolute atomic E-state index is 0.199. The minimum Gasteiger partial charge on any atom is -0.338 e. The summed E-state index contributed by atoms with van der Waals surface area (Å²) in [7, 11) is 0. The van der Waals surface area contributed by atoms with Crippen molar-refractivity contribution in [3.63, 3.8) is 0 Å². The zero-order valence-corrected chi connectivity index (χ0v) is 15.0. The minimum atomic E-state index is 0.199. The molecule has 0 fully saturated rings. The van der Waals surface area contributed by atoms with E-state index in [4.69, 9.17) is 11.6 Å². The molecule has 0 aliphatic carbocycles. The topological polar surface area (TPSA) is 33.2 Å². The molecule has 0 radical (unpaired) electrons. The van der Waals surface area contributed by atoms with E-state index in [0.717, 1.165) is 48.4 Å². The second-order valence-corrected chi connectivity index (χ2v) is 6.45. The molecule has 0 saturated carbocycles. The number of rotatable bonds is 9. The Labute approximate surface area is 149 Å². The fraction of sp³-hybridized carbons (Fsp3) is 0.400. The number of pyridine rings is 1. The number of benzene rings is 1. The van der Waals surface area contributed by atoms with Crippen LogP contribution in [-0.4, -0.2) is 22.3 Å². The number of nitrogens with zero attached hydrogens (tertiary/aromatic N) is 2. The van der Waals surface area contributed by atoms with Gasteiger partial charge in [-0.2, -0.15) is 0 Å². The van der Waals surface area contributed by atoms with E-state index < -0.39 is 0 Å². The van der Waals surface area contributed by atoms with E-state index >= 15 is 0 Å². The lowest BCUT2D eigenvalue weighted by Crippen LogP contribution is -2.31. The zero-order chi connectivity index (χ0) is 17.2. The summed E-state index contributed by atoms with van der Waals surface area (Å²) in [6.45, 7) is 3.63. The summed E-state index contributed by atoms with van der Waals surface area (Å²) in [6, 6.07) is 11.7. The molecule has 1 heterocycles. The summed E-state index contributed by atoms with van der Waals surface area (Å²) >= 11 is 5.94. The molecule has 0 aliphatic heterocycles. The quantitative estimate of drug-likeness (QED) is 0.607. The maximum Gasteiger partial charge on any atom is 0.223 e. The number of hydrogen-bond donors (Lipinski definition) is 0. The summed E-state index contributed by atoms with van der Waals surface area (Å²) < 4.78 is 0. The molecule has 2 rings (SSSR count). The summed E-state index contributed by atoms with van der Waals surface area (Å²) in [4.78, 5) is 18.7. The lowest BCUT2D eigenvalue weighted by atomic mass is 10.1. The first-order chi connectivity index (χ1) is 11.7. The van der Waals surface area contributed by atoms with Gasteiger partial charge in [-0.1, -0.05) is 49.6 Å². The van der Waals surface area contributed by atoms with Crippen molar-refractivity contribution < 1.29 is 4.79 Å². The second kappa shape index (κ2) is 10.1. The molecule has 1 amide bonds. The smallest absolute Gasteiger partial charge is 0.223 e. The van der Waals surface area contributed by atoms with Gasteiger partial charge < -0.3 is 4.90 Å². The van der Waals surface area contributed by atoms with Gasteiger partial charge in [0.05, 0.1) is 0 Å².